The van der Waals surface area contributed by atoms with E-state index in [1.807, 2.05) is 0 Å². The van der Waals surface area contributed by atoms with Gasteiger partial charge in [0.15, 0.2) is 0 Å². The number of rotatable bonds is 0. The van der Waals surface area contributed by atoms with E-state index in [2.05, 4.69) is 56.8 Å². The van der Waals surface area contributed by atoms with E-state index in [4.69, 9.17) is 0 Å². The lowest BCUT2D eigenvalue weighted by Gasteiger charge is -2.34. The molecule has 62 valence electrons. The molecule has 0 aromatic carbocycles. The van der Waals surface area contributed by atoms with E-state index in [0.717, 1.165) is 0 Å². The summed E-state index contributed by atoms with van der Waals surface area (Å²) in [5.74, 6) is 0. The van der Waals surface area contributed by atoms with Gasteiger partial charge in [0.1, 0.15) is 7.42 Å². The summed E-state index contributed by atoms with van der Waals surface area (Å²) in [5, 5.41) is 0.997. The molecule has 0 atom stereocenters. The van der Waals surface area contributed by atoms with Gasteiger partial charge in [0.05, 0.1) is 0 Å². The summed E-state index contributed by atoms with van der Waals surface area (Å²) in [6, 6.07) is 0. The molecule has 0 fully saturated rings. The van der Waals surface area contributed by atoms with Crippen LogP contribution in [0, 0.1) is 0 Å². The van der Waals surface area contributed by atoms with E-state index in [1.54, 1.807) is 0 Å². The molecule has 0 saturated carbocycles. The maximum absolute atomic E-state index is 3.86. The van der Waals surface area contributed by atoms with Crippen LogP contribution in [0.15, 0.2) is 0 Å². The highest BCUT2D eigenvalue weighted by atomic mass is 79.9. The average Bonchev–Trinajstić information content (AvgIpc) is 1.59. The van der Waals surface area contributed by atoms with Crippen LogP contribution in [-0.4, -0.2) is 7.42 Å². The van der Waals surface area contributed by atoms with Crippen LogP contribution in [0.4, 0.5) is 0 Å². The summed E-state index contributed by atoms with van der Waals surface area (Å²) in [6.07, 6.45) is 0. The van der Waals surface area contributed by atoms with Gasteiger partial charge < -0.3 is 0 Å². The highest BCUT2D eigenvalue weighted by Gasteiger charge is 2.34. The van der Waals surface area contributed by atoms with Gasteiger partial charge in [0.25, 0.3) is 0 Å². The molecular weight excluding hydrogens is 204 g/mol. The van der Waals surface area contributed by atoms with E-state index < -0.39 is 7.42 Å². The zero-order chi connectivity index (χ0) is 8.58. The molecule has 0 aromatic rings. The van der Waals surface area contributed by atoms with Gasteiger partial charge in [0, 0.05) is 0 Å². The second kappa shape index (κ2) is 2.98. The molecule has 0 bridgehead atoms. The van der Waals surface area contributed by atoms with Gasteiger partial charge in [-0.05, 0) is 10.1 Å². The molecule has 0 saturated heterocycles. The van der Waals surface area contributed by atoms with Crippen molar-refractivity contribution in [3.05, 3.63) is 0 Å². The monoisotopic (exact) mass is 222 g/mol. The maximum Gasteiger partial charge on any atom is 0.125 e. The Labute approximate surface area is 74.6 Å². The van der Waals surface area contributed by atoms with Crippen molar-refractivity contribution in [2.75, 3.05) is 0 Å². The van der Waals surface area contributed by atoms with E-state index in [0.29, 0.717) is 10.1 Å². The first kappa shape index (κ1) is 10.7. The third kappa shape index (κ3) is 3.20. The summed E-state index contributed by atoms with van der Waals surface area (Å²) < 4.78 is 0. The fourth-order valence-corrected chi connectivity index (χ4v) is 3.90. The molecule has 0 heterocycles. The molecular formula is C8H19BrSi. The maximum atomic E-state index is 3.86. The zero-order valence-corrected chi connectivity index (χ0v) is 10.7. The minimum absolute atomic E-state index is 0.498. The lowest BCUT2D eigenvalue weighted by Crippen LogP contribution is -2.28. The van der Waals surface area contributed by atoms with Crippen LogP contribution in [0.25, 0.3) is 0 Å². The van der Waals surface area contributed by atoms with Gasteiger partial charge in [-0.3, -0.25) is 0 Å². The van der Waals surface area contributed by atoms with Gasteiger partial charge in [-0.15, -0.1) is 15.3 Å². The minimum atomic E-state index is -0.766. The van der Waals surface area contributed by atoms with Gasteiger partial charge in [0.2, 0.25) is 0 Å². The Balaban J connectivity index is 4.23. The topological polar surface area (TPSA) is 0 Å². The predicted octanol–water partition coefficient (Wildman–Crippen LogP) is 3.71. The van der Waals surface area contributed by atoms with E-state index in [1.165, 1.54) is 0 Å². The quantitative estimate of drug-likeness (QED) is 0.434. The first-order valence-electron chi connectivity index (χ1n) is 3.80. The van der Waals surface area contributed by atoms with Crippen molar-refractivity contribution in [1.29, 1.82) is 0 Å². The Morgan fingerprint density at radius 1 is 0.800 bits per heavy atom. The Kier molecular flexibility index (Phi) is 3.18. The summed E-state index contributed by atoms with van der Waals surface area (Å²) in [4.78, 5) is 0. The van der Waals surface area contributed by atoms with Crippen LogP contribution in [0.1, 0.15) is 41.5 Å². The molecule has 0 nitrogen and oxygen atoms in total. The van der Waals surface area contributed by atoms with Gasteiger partial charge >= 0.3 is 0 Å². The summed E-state index contributed by atoms with van der Waals surface area (Å²) in [6.45, 7) is 13.9. The van der Waals surface area contributed by atoms with Crippen LogP contribution in [0.5, 0.6) is 0 Å². The molecule has 0 radical (unpaired) electrons. The largest absolute Gasteiger partial charge is 0.130 e. The molecule has 0 unspecified atom stereocenters. The molecule has 2 heteroatoms. The Bertz CT molecular complexity index is 93.4. The van der Waals surface area contributed by atoms with E-state index >= 15 is 0 Å². The van der Waals surface area contributed by atoms with Crippen molar-refractivity contribution >= 4 is 22.7 Å². The third-order valence-corrected chi connectivity index (χ3v) is 12.8. The molecule has 0 aliphatic rings. The van der Waals surface area contributed by atoms with Crippen molar-refractivity contribution in [1.82, 2.24) is 0 Å². The smallest absolute Gasteiger partial charge is 0.125 e. The second-order valence-electron chi connectivity index (χ2n) is 5.09. The minimum Gasteiger partial charge on any atom is -0.130 e. The van der Waals surface area contributed by atoms with Gasteiger partial charge in [-0.25, -0.2) is 0 Å². The molecule has 0 spiro atoms. The summed E-state index contributed by atoms with van der Waals surface area (Å²) >= 11 is 3.86. The molecule has 0 rings (SSSR count). The van der Waals surface area contributed by atoms with Crippen LogP contribution < -0.4 is 0 Å². The van der Waals surface area contributed by atoms with E-state index in [-0.39, 0.29) is 0 Å². The fraction of sp³-hybridized carbons (Fsp3) is 1.00. The molecule has 10 heavy (non-hydrogen) atoms. The fourth-order valence-electron chi connectivity index (χ4n) is 1.30. The van der Waals surface area contributed by atoms with Gasteiger partial charge in [-0.1, -0.05) is 41.5 Å². The highest BCUT2D eigenvalue weighted by molar-refractivity contribution is 9.24. The standard InChI is InChI=1S/C8H19BrSi/c1-7(2,3)10(9)8(4,5)6/h10H,1-6H3. The third-order valence-electron chi connectivity index (χ3n) is 1.52. The lowest BCUT2D eigenvalue weighted by molar-refractivity contribution is 0.663. The summed E-state index contributed by atoms with van der Waals surface area (Å²) in [7, 11) is -0.766. The second-order valence-corrected chi connectivity index (χ2v) is 12.0. The SMILES string of the molecule is CC(C)(C)[SiH](Br)C(C)(C)C. The normalized spacial score (nSPS) is 14.4. The number of halogens is 1. The predicted molar refractivity (Wildman–Crippen MR) is 55.5 cm³/mol. The van der Waals surface area contributed by atoms with Crippen molar-refractivity contribution in [2.24, 2.45) is 0 Å². The van der Waals surface area contributed by atoms with Crippen LogP contribution >= 0.6 is 15.3 Å². The number of hydrogen-bond acceptors (Lipinski definition) is 0. The Hall–Kier alpha value is 0.697. The van der Waals surface area contributed by atoms with Crippen molar-refractivity contribution in [2.45, 2.75) is 51.6 Å². The molecule has 0 aliphatic heterocycles. The average molecular weight is 223 g/mol. The highest BCUT2D eigenvalue weighted by Crippen LogP contribution is 2.44. The first-order valence-corrected chi connectivity index (χ1v) is 8.13. The van der Waals surface area contributed by atoms with Crippen LogP contribution in [0.3, 0.4) is 0 Å². The Morgan fingerprint density at radius 2 is 1.00 bits per heavy atom. The molecule has 0 aromatic heterocycles. The van der Waals surface area contributed by atoms with Crippen molar-refractivity contribution in [3.8, 4) is 0 Å². The number of hydrogen-bond donors (Lipinski definition) is 0. The molecule has 0 aliphatic carbocycles. The van der Waals surface area contributed by atoms with E-state index in [9.17, 15) is 0 Å². The van der Waals surface area contributed by atoms with Crippen molar-refractivity contribution in [3.63, 3.8) is 0 Å². The lowest BCUT2D eigenvalue weighted by atomic mass is 10.2. The molecule has 0 N–H and O–H groups in total. The van der Waals surface area contributed by atoms with Crippen LogP contribution in [0.2, 0.25) is 10.1 Å². The first-order chi connectivity index (χ1) is 4.15. The molecule has 0 amide bonds. The summed E-state index contributed by atoms with van der Waals surface area (Å²) in [5.41, 5.74) is 0. The van der Waals surface area contributed by atoms with Crippen molar-refractivity contribution < 1.29 is 0 Å². The van der Waals surface area contributed by atoms with Crippen LogP contribution in [-0.2, 0) is 0 Å². The van der Waals surface area contributed by atoms with Gasteiger partial charge in [-0.2, -0.15) is 0 Å². The zero-order valence-electron chi connectivity index (χ0n) is 7.96. The Morgan fingerprint density at radius 3 is 1.00 bits per heavy atom.